The molecule has 5 heteroatoms. The number of esters is 1. The third-order valence-electron chi connectivity index (χ3n) is 1.19. The Balaban J connectivity index is 3.87. The number of nitrogens with zero attached hydrogens (tertiary/aromatic N) is 2. The van der Waals surface area contributed by atoms with Crippen molar-refractivity contribution in [2.24, 2.45) is 5.29 Å². The van der Waals surface area contributed by atoms with E-state index in [1.807, 2.05) is 0 Å². The molecular formula is C6H12N2O3. The zero-order valence-electron chi connectivity index (χ0n) is 6.90. The van der Waals surface area contributed by atoms with E-state index in [-0.39, 0.29) is 0 Å². The van der Waals surface area contributed by atoms with Gasteiger partial charge in [-0.15, -0.1) is 4.91 Å². The zero-order valence-corrected chi connectivity index (χ0v) is 6.90. The largest absolute Gasteiger partial charge is 0.440 e. The molecule has 0 bridgehead atoms. The van der Waals surface area contributed by atoms with Gasteiger partial charge in [-0.05, 0) is 13.8 Å². The molecule has 0 aliphatic heterocycles. The SMILES string of the molecule is CCN(N=O)C(C)OC(C)=O. The highest BCUT2D eigenvalue weighted by molar-refractivity contribution is 5.66. The molecule has 0 aliphatic rings. The van der Waals surface area contributed by atoms with Gasteiger partial charge >= 0.3 is 5.97 Å². The molecule has 0 saturated carbocycles. The fourth-order valence-corrected chi connectivity index (χ4v) is 0.682. The Bertz CT molecular complexity index is 149. The number of nitroso groups, excluding NO2 is 1. The fourth-order valence-electron chi connectivity index (χ4n) is 0.682. The van der Waals surface area contributed by atoms with Gasteiger partial charge < -0.3 is 4.74 Å². The normalized spacial score (nSPS) is 11.9. The monoisotopic (exact) mass is 160 g/mol. The lowest BCUT2D eigenvalue weighted by molar-refractivity contribution is -0.154. The van der Waals surface area contributed by atoms with Crippen LogP contribution in [-0.2, 0) is 9.53 Å². The summed E-state index contributed by atoms with van der Waals surface area (Å²) in [5, 5.41) is 3.81. The van der Waals surface area contributed by atoms with E-state index >= 15 is 0 Å². The van der Waals surface area contributed by atoms with Gasteiger partial charge in [0.1, 0.15) is 0 Å². The summed E-state index contributed by atoms with van der Waals surface area (Å²) in [5.41, 5.74) is 0. The van der Waals surface area contributed by atoms with Crippen LogP contribution in [0.3, 0.4) is 0 Å². The highest BCUT2D eigenvalue weighted by Gasteiger charge is 2.12. The second kappa shape index (κ2) is 4.65. The van der Waals surface area contributed by atoms with Crippen molar-refractivity contribution in [2.75, 3.05) is 6.54 Å². The average Bonchev–Trinajstić information content (AvgIpc) is 1.88. The van der Waals surface area contributed by atoms with Crippen molar-refractivity contribution in [3.05, 3.63) is 4.91 Å². The number of carbonyl (C=O) groups excluding carboxylic acids is 1. The molecule has 0 aromatic rings. The van der Waals surface area contributed by atoms with Gasteiger partial charge in [0.2, 0.25) is 0 Å². The van der Waals surface area contributed by atoms with Crippen LogP contribution in [0.15, 0.2) is 5.29 Å². The summed E-state index contributed by atoms with van der Waals surface area (Å²) in [4.78, 5) is 20.4. The summed E-state index contributed by atoms with van der Waals surface area (Å²) in [6.07, 6.45) is -0.574. The minimum absolute atomic E-state index is 0.417. The predicted molar refractivity (Wildman–Crippen MR) is 39.4 cm³/mol. The summed E-state index contributed by atoms with van der Waals surface area (Å²) in [7, 11) is 0. The van der Waals surface area contributed by atoms with Crippen molar-refractivity contribution in [1.29, 1.82) is 0 Å². The number of carbonyl (C=O) groups is 1. The topological polar surface area (TPSA) is 59.0 Å². The first-order valence-corrected chi connectivity index (χ1v) is 3.39. The minimum Gasteiger partial charge on any atom is -0.440 e. The Labute approximate surface area is 65.3 Å². The van der Waals surface area contributed by atoms with Crippen molar-refractivity contribution < 1.29 is 9.53 Å². The molecule has 0 amide bonds. The minimum atomic E-state index is -0.574. The number of hydrogen-bond donors (Lipinski definition) is 0. The van der Waals surface area contributed by atoms with Crippen LogP contribution >= 0.6 is 0 Å². The molecule has 0 aromatic carbocycles. The summed E-state index contributed by atoms with van der Waals surface area (Å²) in [6.45, 7) is 5.06. The van der Waals surface area contributed by atoms with Gasteiger partial charge in [-0.3, -0.25) is 4.79 Å². The Morgan fingerprint density at radius 1 is 1.73 bits per heavy atom. The summed E-state index contributed by atoms with van der Waals surface area (Å²) < 4.78 is 4.69. The second-order valence-electron chi connectivity index (χ2n) is 2.05. The predicted octanol–water partition coefficient (Wildman–Crippen LogP) is 0.899. The van der Waals surface area contributed by atoms with Crippen molar-refractivity contribution in [1.82, 2.24) is 5.01 Å². The maximum atomic E-state index is 10.4. The Morgan fingerprint density at radius 3 is 2.55 bits per heavy atom. The van der Waals surface area contributed by atoms with Crippen molar-refractivity contribution in [2.45, 2.75) is 27.0 Å². The highest BCUT2D eigenvalue weighted by atomic mass is 16.6. The molecule has 1 unspecified atom stereocenters. The maximum Gasteiger partial charge on any atom is 0.304 e. The van der Waals surface area contributed by atoms with Crippen LogP contribution < -0.4 is 0 Å². The van der Waals surface area contributed by atoms with Crippen LogP contribution in [0, 0.1) is 4.91 Å². The first kappa shape index (κ1) is 9.87. The van der Waals surface area contributed by atoms with Crippen LogP contribution in [0.4, 0.5) is 0 Å². The summed E-state index contributed by atoms with van der Waals surface area (Å²) in [6, 6.07) is 0. The molecule has 0 rings (SSSR count). The van der Waals surface area contributed by atoms with Gasteiger partial charge in [-0.2, -0.15) is 0 Å². The van der Waals surface area contributed by atoms with Crippen LogP contribution in [0.2, 0.25) is 0 Å². The van der Waals surface area contributed by atoms with E-state index in [1.165, 1.54) is 6.92 Å². The van der Waals surface area contributed by atoms with E-state index in [4.69, 9.17) is 0 Å². The van der Waals surface area contributed by atoms with E-state index < -0.39 is 12.2 Å². The Morgan fingerprint density at radius 2 is 2.27 bits per heavy atom. The molecule has 11 heavy (non-hydrogen) atoms. The third-order valence-corrected chi connectivity index (χ3v) is 1.19. The lowest BCUT2D eigenvalue weighted by Gasteiger charge is -2.20. The fraction of sp³-hybridized carbons (Fsp3) is 0.833. The van der Waals surface area contributed by atoms with Gasteiger partial charge in [0, 0.05) is 13.5 Å². The third kappa shape index (κ3) is 3.54. The lowest BCUT2D eigenvalue weighted by atomic mass is 10.5. The number of ether oxygens (including phenoxy) is 1. The molecule has 0 saturated heterocycles. The van der Waals surface area contributed by atoms with E-state index in [1.54, 1.807) is 13.8 Å². The molecule has 1 atom stereocenters. The van der Waals surface area contributed by atoms with Crippen LogP contribution in [-0.4, -0.2) is 23.8 Å². The highest BCUT2D eigenvalue weighted by Crippen LogP contribution is 2.00. The Kier molecular flexibility index (Phi) is 4.17. The van der Waals surface area contributed by atoms with Gasteiger partial charge in [0.05, 0.1) is 5.29 Å². The molecule has 0 aliphatic carbocycles. The van der Waals surface area contributed by atoms with E-state index in [0.717, 1.165) is 5.01 Å². The molecule has 64 valence electrons. The van der Waals surface area contributed by atoms with Crippen LogP contribution in [0.1, 0.15) is 20.8 Å². The van der Waals surface area contributed by atoms with E-state index in [2.05, 4.69) is 10.0 Å². The molecule has 0 aromatic heterocycles. The van der Waals surface area contributed by atoms with Crippen molar-refractivity contribution in [3.63, 3.8) is 0 Å². The van der Waals surface area contributed by atoms with Gasteiger partial charge in [0.15, 0.2) is 6.23 Å². The van der Waals surface area contributed by atoms with Crippen LogP contribution in [0.25, 0.3) is 0 Å². The first-order chi connectivity index (χ1) is 5.11. The van der Waals surface area contributed by atoms with E-state index in [9.17, 15) is 9.70 Å². The standard InChI is InChI=1S/C6H12N2O3/c1-4-8(7-10)5(2)11-6(3)9/h5H,4H2,1-3H3. The molecule has 0 spiro atoms. The molecular weight excluding hydrogens is 148 g/mol. The van der Waals surface area contributed by atoms with E-state index in [0.29, 0.717) is 6.54 Å². The Hall–Kier alpha value is -1.13. The van der Waals surface area contributed by atoms with Gasteiger partial charge in [-0.1, -0.05) is 0 Å². The molecule has 0 N–H and O–H groups in total. The average molecular weight is 160 g/mol. The maximum absolute atomic E-state index is 10.4. The first-order valence-electron chi connectivity index (χ1n) is 3.39. The van der Waals surface area contributed by atoms with Crippen molar-refractivity contribution >= 4 is 5.97 Å². The number of rotatable bonds is 4. The summed E-state index contributed by atoms with van der Waals surface area (Å²) in [5.74, 6) is -0.417. The van der Waals surface area contributed by atoms with Crippen LogP contribution in [0.5, 0.6) is 0 Å². The summed E-state index contributed by atoms with van der Waals surface area (Å²) >= 11 is 0. The van der Waals surface area contributed by atoms with Gasteiger partial charge in [-0.25, -0.2) is 5.01 Å². The quantitative estimate of drug-likeness (QED) is 0.265. The molecule has 0 fully saturated rings. The molecule has 0 radical (unpaired) electrons. The molecule has 0 heterocycles. The lowest BCUT2D eigenvalue weighted by Crippen LogP contribution is -2.31. The van der Waals surface area contributed by atoms with Crippen molar-refractivity contribution in [3.8, 4) is 0 Å². The van der Waals surface area contributed by atoms with Gasteiger partial charge in [0.25, 0.3) is 0 Å². The zero-order chi connectivity index (χ0) is 8.85. The second-order valence-corrected chi connectivity index (χ2v) is 2.05. The number of hydrogen-bond acceptors (Lipinski definition) is 4. The molecule has 5 nitrogen and oxygen atoms in total. The smallest absolute Gasteiger partial charge is 0.304 e.